The molecule has 1 aromatic carbocycles. The van der Waals surface area contributed by atoms with Gasteiger partial charge in [-0.25, -0.2) is 0 Å². The fraction of sp³-hybridized carbons (Fsp3) is 0.286. The predicted molar refractivity (Wildman–Crippen MR) is 80.1 cm³/mol. The molecule has 0 saturated heterocycles. The Morgan fingerprint density at radius 3 is 2.68 bits per heavy atom. The molecule has 0 aliphatic carbocycles. The van der Waals surface area contributed by atoms with Crippen LogP contribution < -0.4 is 4.48 Å². The number of hydrogen-bond acceptors (Lipinski definition) is 2. The summed E-state index contributed by atoms with van der Waals surface area (Å²) >= 11 is 1.59. The molecule has 98 valence electrons. The number of hydrogen-bond donors (Lipinski definition) is 1. The van der Waals surface area contributed by atoms with E-state index in [1.807, 2.05) is 10.9 Å². The fourth-order valence-corrected chi connectivity index (χ4v) is 2.79. The van der Waals surface area contributed by atoms with Crippen LogP contribution in [0.15, 0.2) is 30.5 Å². The number of H-pyrrole nitrogens is 1. The van der Waals surface area contributed by atoms with E-state index in [1.165, 1.54) is 4.48 Å². The molecule has 1 N–H and O–H groups in total. The number of aromatic nitrogens is 4. The van der Waals surface area contributed by atoms with E-state index in [4.69, 9.17) is 5.10 Å². The number of nitrogens with one attached hydrogen (secondary N) is 1. The Kier molecular flexibility index (Phi) is 2.79. The van der Waals surface area contributed by atoms with Gasteiger partial charge >= 0.3 is 120 Å². The first kappa shape index (κ1) is 12.5. The van der Waals surface area contributed by atoms with Gasteiger partial charge in [-0.3, -0.25) is 0 Å². The number of benzene rings is 1. The summed E-state index contributed by atoms with van der Waals surface area (Å²) in [5, 5.41) is 12.9. The zero-order valence-corrected chi connectivity index (χ0v) is 13.7. The second-order valence-electron chi connectivity index (χ2n) is 5.76. The standard InChI is InChI=1S/C14H17AsN4/c1-14(2,3)12-7-13(15)19(18-12)10-5-4-9-8-16-17-11(9)6-10/h4-8H,15H2,1-3H3,(H,16,17). The molecule has 2 heterocycles. The monoisotopic (exact) mass is 316 g/mol. The normalized spacial score (nSPS) is 12.2. The third-order valence-electron chi connectivity index (χ3n) is 3.18. The Morgan fingerprint density at radius 1 is 1.21 bits per heavy atom. The van der Waals surface area contributed by atoms with Gasteiger partial charge in [0.15, 0.2) is 0 Å². The molecule has 2 aromatic heterocycles. The number of rotatable bonds is 1. The Labute approximate surface area is 120 Å². The van der Waals surface area contributed by atoms with Crippen LogP contribution in [0.4, 0.5) is 0 Å². The molecular formula is C14H17AsN4. The quantitative estimate of drug-likeness (QED) is 0.688. The maximum atomic E-state index is 4.74. The second-order valence-corrected chi connectivity index (χ2v) is 7.00. The van der Waals surface area contributed by atoms with Crippen LogP contribution in [0.25, 0.3) is 16.6 Å². The minimum atomic E-state index is 0.0736. The van der Waals surface area contributed by atoms with Gasteiger partial charge in [-0.2, -0.15) is 0 Å². The molecule has 0 aliphatic heterocycles. The molecule has 1 atom stereocenters. The number of fused-ring (bicyclic) bond motifs is 1. The average molecular weight is 316 g/mol. The van der Waals surface area contributed by atoms with Crippen molar-refractivity contribution >= 4 is 32.2 Å². The predicted octanol–water partition coefficient (Wildman–Crippen LogP) is 1.30. The molecule has 0 fully saturated rings. The molecule has 4 nitrogen and oxygen atoms in total. The Balaban J connectivity index is 2.13. The summed E-state index contributed by atoms with van der Waals surface area (Å²) in [5.41, 5.74) is 3.31. The zero-order chi connectivity index (χ0) is 13.6. The van der Waals surface area contributed by atoms with Gasteiger partial charge in [0.05, 0.1) is 0 Å². The summed E-state index contributed by atoms with van der Waals surface area (Å²) in [6.45, 7) is 6.55. The van der Waals surface area contributed by atoms with Gasteiger partial charge in [-0.05, 0) is 0 Å². The zero-order valence-electron chi connectivity index (χ0n) is 11.3. The van der Waals surface area contributed by atoms with Crippen LogP contribution in [-0.2, 0) is 5.41 Å². The van der Waals surface area contributed by atoms with E-state index in [2.05, 4.69) is 55.2 Å². The van der Waals surface area contributed by atoms with Crippen LogP contribution in [0.2, 0.25) is 0 Å². The van der Waals surface area contributed by atoms with Gasteiger partial charge in [-0.15, -0.1) is 0 Å². The van der Waals surface area contributed by atoms with Crippen molar-refractivity contribution in [3.8, 4) is 5.69 Å². The SMILES string of the molecule is CC(C)(C)c1cc([AsH2])n(-c2ccc3cn[nH]c3c2)n1. The van der Waals surface area contributed by atoms with E-state index in [1.54, 1.807) is 16.9 Å². The van der Waals surface area contributed by atoms with E-state index in [0.29, 0.717) is 0 Å². The van der Waals surface area contributed by atoms with Crippen molar-refractivity contribution in [3.05, 3.63) is 36.2 Å². The molecule has 0 saturated carbocycles. The summed E-state index contributed by atoms with van der Waals surface area (Å²) in [6, 6.07) is 8.42. The number of nitrogens with zero attached hydrogens (tertiary/aromatic N) is 3. The average Bonchev–Trinajstić information content (AvgIpc) is 2.92. The van der Waals surface area contributed by atoms with Gasteiger partial charge in [0.25, 0.3) is 0 Å². The van der Waals surface area contributed by atoms with Crippen LogP contribution in [0.1, 0.15) is 26.5 Å². The molecule has 1 unspecified atom stereocenters. The van der Waals surface area contributed by atoms with Crippen molar-refractivity contribution in [1.29, 1.82) is 0 Å². The second kappa shape index (κ2) is 4.24. The molecule has 0 radical (unpaired) electrons. The summed E-state index contributed by atoms with van der Waals surface area (Å²) in [4.78, 5) is 0. The summed E-state index contributed by atoms with van der Waals surface area (Å²) < 4.78 is 3.22. The Bertz CT molecular complexity index is 733. The van der Waals surface area contributed by atoms with Crippen molar-refractivity contribution in [2.75, 3.05) is 0 Å². The summed E-state index contributed by atoms with van der Waals surface area (Å²) in [5.74, 6) is 0. The topological polar surface area (TPSA) is 46.5 Å². The van der Waals surface area contributed by atoms with Crippen LogP contribution >= 0.6 is 0 Å². The maximum absolute atomic E-state index is 4.74. The Hall–Kier alpha value is -1.54. The van der Waals surface area contributed by atoms with E-state index >= 15 is 0 Å². The first-order chi connectivity index (χ1) is 8.95. The molecule has 0 spiro atoms. The molecule has 5 heteroatoms. The first-order valence-electron chi connectivity index (χ1n) is 6.25. The van der Waals surface area contributed by atoms with Crippen LogP contribution in [0.5, 0.6) is 0 Å². The van der Waals surface area contributed by atoms with Gasteiger partial charge < -0.3 is 0 Å². The summed E-state index contributed by atoms with van der Waals surface area (Å²) in [6.07, 6.45) is 1.83. The van der Waals surface area contributed by atoms with Crippen LogP contribution in [0, 0.1) is 0 Å². The van der Waals surface area contributed by atoms with E-state index < -0.39 is 0 Å². The van der Waals surface area contributed by atoms with Crippen molar-refractivity contribution < 1.29 is 0 Å². The van der Waals surface area contributed by atoms with Crippen molar-refractivity contribution in [1.82, 2.24) is 20.0 Å². The van der Waals surface area contributed by atoms with E-state index in [-0.39, 0.29) is 5.41 Å². The molecule has 0 bridgehead atoms. The summed E-state index contributed by atoms with van der Waals surface area (Å²) in [7, 11) is 0. The first-order valence-corrected chi connectivity index (χ1v) is 7.46. The van der Waals surface area contributed by atoms with Gasteiger partial charge in [0, 0.05) is 0 Å². The Morgan fingerprint density at radius 2 is 2.00 bits per heavy atom. The molecule has 19 heavy (non-hydrogen) atoms. The van der Waals surface area contributed by atoms with E-state index in [9.17, 15) is 0 Å². The third-order valence-corrected chi connectivity index (χ3v) is 4.04. The van der Waals surface area contributed by atoms with Crippen LogP contribution in [-0.4, -0.2) is 36.8 Å². The van der Waals surface area contributed by atoms with E-state index in [0.717, 1.165) is 22.3 Å². The van der Waals surface area contributed by atoms with Crippen molar-refractivity contribution in [2.24, 2.45) is 0 Å². The van der Waals surface area contributed by atoms with Gasteiger partial charge in [0.1, 0.15) is 0 Å². The molecule has 3 rings (SSSR count). The molecule has 0 amide bonds. The van der Waals surface area contributed by atoms with Gasteiger partial charge in [0.2, 0.25) is 0 Å². The minimum absolute atomic E-state index is 0.0736. The van der Waals surface area contributed by atoms with Crippen LogP contribution in [0.3, 0.4) is 0 Å². The van der Waals surface area contributed by atoms with Gasteiger partial charge in [-0.1, -0.05) is 0 Å². The molecule has 3 aromatic rings. The fourth-order valence-electron chi connectivity index (χ4n) is 2.03. The van der Waals surface area contributed by atoms with Crippen molar-refractivity contribution in [2.45, 2.75) is 26.2 Å². The number of aromatic amines is 1. The third kappa shape index (κ3) is 2.21. The van der Waals surface area contributed by atoms with Crippen molar-refractivity contribution in [3.63, 3.8) is 0 Å². The molecule has 0 aliphatic rings. The molecular weight excluding hydrogens is 299 g/mol.